The van der Waals surface area contributed by atoms with Gasteiger partial charge in [0.25, 0.3) is 0 Å². The first kappa shape index (κ1) is 35.4. The molecule has 0 aliphatic carbocycles. The van der Waals surface area contributed by atoms with Gasteiger partial charge in [0.1, 0.15) is 0 Å². The summed E-state index contributed by atoms with van der Waals surface area (Å²) in [5.74, 6) is 0.953. The van der Waals surface area contributed by atoms with Gasteiger partial charge in [0, 0.05) is 21.7 Å². The summed E-state index contributed by atoms with van der Waals surface area (Å²) < 4.78 is 0. The van der Waals surface area contributed by atoms with Crippen LogP contribution in [0.3, 0.4) is 0 Å². The minimum atomic E-state index is -0.836. The largest absolute Gasteiger partial charge is 0.247 e. The van der Waals surface area contributed by atoms with E-state index in [4.69, 9.17) is 9.97 Å². The topological polar surface area (TPSA) is 25.8 Å². The average molecular weight is 755 g/mol. The molecule has 2 atom stereocenters. The van der Waals surface area contributed by atoms with Crippen molar-refractivity contribution in [1.29, 1.82) is 0 Å². The Morgan fingerprint density at radius 2 is 0.491 bits per heavy atom. The molecule has 256 valence electrons. The zero-order valence-electron chi connectivity index (χ0n) is 29.2. The summed E-state index contributed by atoms with van der Waals surface area (Å²) in [7, 11) is -3.32. The Hall–Kier alpha value is -4.66. The molecule has 2 unspecified atom stereocenters. The highest BCUT2D eigenvalue weighted by atomic mass is 31.2. The summed E-state index contributed by atoms with van der Waals surface area (Å²) in [4.78, 5) is 11.2. The van der Waals surface area contributed by atoms with Gasteiger partial charge in [-0.25, -0.2) is 9.97 Å². The van der Waals surface area contributed by atoms with Crippen molar-refractivity contribution >= 4 is 85.3 Å². The van der Waals surface area contributed by atoms with Gasteiger partial charge < -0.3 is 0 Å². The van der Waals surface area contributed by atoms with Crippen molar-refractivity contribution in [1.82, 2.24) is 9.97 Å². The van der Waals surface area contributed by atoms with Crippen LogP contribution >= 0.6 is 31.7 Å². The fourth-order valence-electron chi connectivity index (χ4n) is 6.44. The second-order valence-electron chi connectivity index (χ2n) is 12.4. The summed E-state index contributed by atoms with van der Waals surface area (Å²) >= 11 is 0. The molecule has 0 aliphatic rings. The molecule has 8 rings (SSSR count). The molecule has 0 spiro atoms. The van der Waals surface area contributed by atoms with Crippen LogP contribution < -0.4 is 53.6 Å². The molecule has 0 amide bonds. The molecule has 0 fully saturated rings. The van der Waals surface area contributed by atoms with Crippen LogP contribution in [0.2, 0.25) is 0 Å². The number of pyridine rings is 2. The van der Waals surface area contributed by atoms with Gasteiger partial charge in [0.05, 0.1) is 21.7 Å². The lowest BCUT2D eigenvalue weighted by molar-refractivity contribution is 1.45. The van der Waals surface area contributed by atoms with Crippen LogP contribution in [-0.2, 0) is 0 Å². The van der Waals surface area contributed by atoms with Crippen molar-refractivity contribution in [2.45, 2.75) is 0 Å². The van der Waals surface area contributed by atoms with E-state index in [2.05, 4.69) is 218 Å². The molecule has 0 N–H and O–H groups in total. The Labute approximate surface area is 318 Å². The predicted molar refractivity (Wildman–Crippen MR) is 236 cm³/mol. The molecule has 0 saturated carbocycles. The molecular formula is C47H38N2P4. The molecule has 2 aromatic heterocycles. The minimum absolute atomic E-state index is 0.826. The van der Waals surface area contributed by atoms with E-state index in [0.717, 1.165) is 16.8 Å². The average Bonchev–Trinajstić information content (AvgIpc) is 3.24. The van der Waals surface area contributed by atoms with Gasteiger partial charge in [-0.05, 0) is 71.9 Å². The smallest absolute Gasteiger partial charge is 0.0728 e. The van der Waals surface area contributed by atoms with Crippen molar-refractivity contribution in [3.8, 4) is 0 Å². The highest BCUT2D eigenvalue weighted by Gasteiger charge is 2.27. The van der Waals surface area contributed by atoms with Gasteiger partial charge in [0.15, 0.2) is 0 Å². The summed E-state index contributed by atoms with van der Waals surface area (Å²) in [5, 5.41) is 7.91. The Morgan fingerprint density at radius 1 is 0.245 bits per heavy atom. The zero-order chi connectivity index (χ0) is 35.7. The molecular weight excluding hydrogens is 716 g/mol. The standard InChI is InChI=1S/C47H38N2P4/c1-7-21-38(22-8-1)50(44-33-19-35-46(48-44)52(40-25-11-3-12-26-40)41-27-13-4-14-28-41)37-51(39-23-9-2-10-24-39)45-34-20-36-47(49-45)53(42-29-15-5-16-30-42)43-31-17-6-18-32-43/h1-36H,37H2. The van der Waals surface area contributed by atoms with E-state index >= 15 is 0 Å². The third-order valence-corrected chi connectivity index (χ3v) is 19.3. The number of aromatic nitrogens is 2. The maximum Gasteiger partial charge on any atom is 0.0728 e. The van der Waals surface area contributed by atoms with Gasteiger partial charge in [0.2, 0.25) is 0 Å². The molecule has 8 aromatic rings. The first-order valence-corrected chi connectivity index (χ1v) is 23.5. The van der Waals surface area contributed by atoms with Gasteiger partial charge >= 0.3 is 0 Å². The molecule has 6 aromatic carbocycles. The van der Waals surface area contributed by atoms with E-state index in [1.54, 1.807) is 0 Å². The zero-order valence-corrected chi connectivity index (χ0v) is 32.8. The molecule has 0 saturated heterocycles. The molecule has 2 nitrogen and oxygen atoms in total. The number of nitrogens with zero attached hydrogens (tertiary/aromatic N) is 2. The van der Waals surface area contributed by atoms with Crippen LogP contribution in [0.1, 0.15) is 0 Å². The van der Waals surface area contributed by atoms with Crippen molar-refractivity contribution in [2.75, 3.05) is 5.90 Å². The summed E-state index contributed by atoms with van der Waals surface area (Å²) in [6, 6.07) is 79.1. The van der Waals surface area contributed by atoms with E-state index < -0.39 is 31.7 Å². The van der Waals surface area contributed by atoms with Gasteiger partial charge in [-0.2, -0.15) is 0 Å². The Kier molecular flexibility index (Phi) is 11.6. The molecule has 0 bridgehead atoms. The summed E-state index contributed by atoms with van der Waals surface area (Å²) in [6.45, 7) is 0. The third-order valence-electron chi connectivity index (χ3n) is 8.93. The van der Waals surface area contributed by atoms with Crippen LogP contribution in [-0.4, -0.2) is 15.9 Å². The maximum absolute atomic E-state index is 5.62. The van der Waals surface area contributed by atoms with Gasteiger partial charge in [-0.15, -0.1) is 0 Å². The lowest BCUT2D eigenvalue weighted by Crippen LogP contribution is -2.30. The predicted octanol–water partition coefficient (Wildman–Crippen LogP) is 7.52. The second-order valence-corrected chi connectivity index (χ2v) is 21.5. The van der Waals surface area contributed by atoms with E-state index in [0.29, 0.717) is 0 Å². The van der Waals surface area contributed by atoms with Crippen LogP contribution in [0.15, 0.2) is 218 Å². The van der Waals surface area contributed by atoms with E-state index in [-0.39, 0.29) is 0 Å². The lowest BCUT2D eigenvalue weighted by Gasteiger charge is -2.27. The quantitative estimate of drug-likeness (QED) is 0.121. The van der Waals surface area contributed by atoms with Crippen LogP contribution in [0.25, 0.3) is 0 Å². The van der Waals surface area contributed by atoms with Crippen molar-refractivity contribution in [3.05, 3.63) is 218 Å². The molecule has 0 radical (unpaired) electrons. The van der Waals surface area contributed by atoms with Gasteiger partial charge in [-0.1, -0.05) is 194 Å². The molecule has 0 aliphatic heterocycles. The van der Waals surface area contributed by atoms with Crippen LogP contribution in [0.4, 0.5) is 0 Å². The molecule has 53 heavy (non-hydrogen) atoms. The number of hydrogen-bond donors (Lipinski definition) is 0. The van der Waals surface area contributed by atoms with E-state index in [1.807, 2.05) is 0 Å². The highest BCUT2D eigenvalue weighted by molar-refractivity contribution is 7.88. The van der Waals surface area contributed by atoms with Crippen LogP contribution in [0.5, 0.6) is 0 Å². The van der Waals surface area contributed by atoms with Crippen molar-refractivity contribution in [3.63, 3.8) is 0 Å². The Morgan fingerprint density at radius 3 is 0.774 bits per heavy atom. The maximum atomic E-state index is 5.62. The second kappa shape index (κ2) is 17.4. The van der Waals surface area contributed by atoms with E-state index in [1.165, 1.54) is 42.7 Å². The monoisotopic (exact) mass is 754 g/mol. The summed E-state index contributed by atoms with van der Waals surface area (Å²) in [6.07, 6.45) is 0. The Bertz CT molecular complexity index is 2080. The first-order valence-electron chi connectivity index (χ1n) is 17.7. The molecule has 6 heteroatoms. The molecule has 2 heterocycles. The normalized spacial score (nSPS) is 12.4. The number of benzene rings is 6. The van der Waals surface area contributed by atoms with Crippen LogP contribution in [0, 0.1) is 0 Å². The number of rotatable bonds is 12. The van der Waals surface area contributed by atoms with E-state index in [9.17, 15) is 0 Å². The third kappa shape index (κ3) is 8.45. The fourth-order valence-corrected chi connectivity index (χ4v) is 17.2. The Balaban J connectivity index is 1.24. The summed E-state index contributed by atoms with van der Waals surface area (Å²) in [5.41, 5.74) is 4.61. The van der Waals surface area contributed by atoms with Crippen molar-refractivity contribution in [2.24, 2.45) is 0 Å². The highest BCUT2D eigenvalue weighted by Crippen LogP contribution is 2.48. The SMILES string of the molecule is c1ccc(P(CP(c2ccccc2)c2cccc(P(c3ccccc3)c3ccccc3)n2)c2cccc(P(c3ccccc3)c3ccccc3)n2)cc1. The van der Waals surface area contributed by atoms with Crippen molar-refractivity contribution < 1.29 is 0 Å². The minimum Gasteiger partial charge on any atom is -0.247 e. The van der Waals surface area contributed by atoms with Gasteiger partial charge in [-0.3, -0.25) is 0 Å². The number of hydrogen-bond acceptors (Lipinski definition) is 2. The lowest BCUT2D eigenvalue weighted by atomic mass is 10.4. The fraction of sp³-hybridized carbons (Fsp3) is 0.0213. The first-order chi connectivity index (χ1) is 26.3.